The molecule has 3 aromatic rings. The molecule has 0 saturated heterocycles. The summed E-state index contributed by atoms with van der Waals surface area (Å²) < 4.78 is 5.46. The Morgan fingerprint density at radius 1 is 1.07 bits per heavy atom. The highest BCUT2D eigenvalue weighted by molar-refractivity contribution is 5.99. The van der Waals surface area contributed by atoms with E-state index in [-0.39, 0.29) is 16.9 Å². The number of aromatic nitrogens is 1. The highest BCUT2D eigenvalue weighted by Crippen LogP contribution is 2.28. The molecule has 0 radical (unpaired) electrons. The van der Waals surface area contributed by atoms with Gasteiger partial charge in [-0.1, -0.05) is 36.4 Å². The van der Waals surface area contributed by atoms with Crippen LogP contribution in [-0.4, -0.2) is 21.8 Å². The standard InChI is InChI=1S/C22H19N3O5/c1-14-8-11-18(19(12-14)25(28)29)24-21(26)20(16-6-4-3-5-7-16)30-22(27)17-10-9-15(2)23-13-17/h3-13,20H,1-2H3,(H,24,26). The van der Waals surface area contributed by atoms with Crippen LogP contribution in [0.25, 0.3) is 0 Å². The van der Waals surface area contributed by atoms with E-state index < -0.39 is 22.9 Å². The molecule has 0 fully saturated rings. The molecule has 152 valence electrons. The summed E-state index contributed by atoms with van der Waals surface area (Å²) in [6.07, 6.45) is 0.0588. The number of amides is 1. The largest absolute Gasteiger partial charge is 0.444 e. The van der Waals surface area contributed by atoms with E-state index >= 15 is 0 Å². The molecular formula is C22H19N3O5. The maximum Gasteiger partial charge on any atom is 0.340 e. The first kappa shape index (κ1) is 20.7. The predicted octanol–water partition coefficient (Wildman–Crippen LogP) is 4.14. The number of carbonyl (C=O) groups is 2. The first-order valence-corrected chi connectivity index (χ1v) is 9.09. The normalized spacial score (nSPS) is 11.4. The van der Waals surface area contributed by atoms with Crippen molar-refractivity contribution in [2.45, 2.75) is 20.0 Å². The Morgan fingerprint density at radius 2 is 1.80 bits per heavy atom. The highest BCUT2D eigenvalue weighted by atomic mass is 16.6. The van der Waals surface area contributed by atoms with Crippen molar-refractivity contribution in [2.75, 3.05) is 5.32 Å². The van der Waals surface area contributed by atoms with Crippen LogP contribution in [0.15, 0.2) is 66.9 Å². The van der Waals surface area contributed by atoms with Gasteiger partial charge in [0.2, 0.25) is 6.10 Å². The number of ether oxygens (including phenoxy) is 1. The molecule has 8 heteroatoms. The van der Waals surface area contributed by atoms with Gasteiger partial charge in [0, 0.05) is 23.5 Å². The summed E-state index contributed by atoms with van der Waals surface area (Å²) in [5.41, 5.74) is 1.80. The smallest absolute Gasteiger partial charge is 0.340 e. The molecule has 0 aliphatic carbocycles. The van der Waals surface area contributed by atoms with E-state index in [4.69, 9.17) is 4.74 Å². The molecular weight excluding hydrogens is 386 g/mol. The number of aryl methyl sites for hydroxylation is 2. The molecule has 0 spiro atoms. The molecule has 0 aliphatic rings. The maximum atomic E-state index is 13.0. The molecule has 1 amide bonds. The molecule has 30 heavy (non-hydrogen) atoms. The number of hydrogen-bond donors (Lipinski definition) is 1. The van der Waals surface area contributed by atoms with Crippen LogP contribution in [0.5, 0.6) is 0 Å². The predicted molar refractivity (Wildman–Crippen MR) is 110 cm³/mol. The van der Waals surface area contributed by atoms with Crippen LogP contribution in [0.2, 0.25) is 0 Å². The number of pyridine rings is 1. The molecule has 2 aromatic carbocycles. The Hall–Kier alpha value is -4.07. The molecule has 8 nitrogen and oxygen atoms in total. The lowest BCUT2D eigenvalue weighted by Crippen LogP contribution is -2.26. The van der Waals surface area contributed by atoms with E-state index in [1.807, 2.05) is 0 Å². The Morgan fingerprint density at radius 3 is 2.43 bits per heavy atom. The number of nitrogens with one attached hydrogen (secondary N) is 1. The fourth-order valence-electron chi connectivity index (χ4n) is 2.76. The topological polar surface area (TPSA) is 111 Å². The van der Waals surface area contributed by atoms with Gasteiger partial charge in [0.1, 0.15) is 5.69 Å². The highest BCUT2D eigenvalue weighted by Gasteiger charge is 2.28. The van der Waals surface area contributed by atoms with Crippen LogP contribution in [-0.2, 0) is 9.53 Å². The lowest BCUT2D eigenvalue weighted by atomic mass is 10.1. The number of nitro groups is 1. The van der Waals surface area contributed by atoms with Crippen molar-refractivity contribution in [1.82, 2.24) is 4.98 Å². The summed E-state index contributed by atoms with van der Waals surface area (Å²) in [6.45, 7) is 3.49. The second kappa shape index (κ2) is 8.95. The van der Waals surface area contributed by atoms with Gasteiger partial charge < -0.3 is 10.1 Å². The summed E-state index contributed by atoms with van der Waals surface area (Å²) in [5, 5.41) is 13.9. The third-order valence-electron chi connectivity index (χ3n) is 4.32. The summed E-state index contributed by atoms with van der Waals surface area (Å²) >= 11 is 0. The maximum absolute atomic E-state index is 13.0. The molecule has 0 saturated carbocycles. The minimum Gasteiger partial charge on any atom is -0.444 e. The fraction of sp³-hybridized carbons (Fsp3) is 0.136. The van der Waals surface area contributed by atoms with Gasteiger partial charge in [0.25, 0.3) is 11.6 Å². The zero-order valence-corrected chi connectivity index (χ0v) is 16.4. The van der Waals surface area contributed by atoms with Crippen LogP contribution < -0.4 is 5.32 Å². The molecule has 1 unspecified atom stereocenters. The number of nitro benzene ring substituents is 1. The number of rotatable bonds is 6. The fourth-order valence-corrected chi connectivity index (χ4v) is 2.76. The molecule has 1 heterocycles. The van der Waals surface area contributed by atoms with Crippen LogP contribution in [0.4, 0.5) is 11.4 Å². The third kappa shape index (κ3) is 4.85. The first-order chi connectivity index (χ1) is 14.3. The Balaban J connectivity index is 1.89. The number of anilines is 1. The van der Waals surface area contributed by atoms with Gasteiger partial charge in [-0.05, 0) is 37.6 Å². The number of carbonyl (C=O) groups excluding carboxylic acids is 2. The number of hydrogen-bond acceptors (Lipinski definition) is 6. The average Bonchev–Trinajstić information content (AvgIpc) is 2.74. The monoisotopic (exact) mass is 405 g/mol. The molecule has 1 atom stereocenters. The van der Waals surface area contributed by atoms with Gasteiger partial charge in [0.15, 0.2) is 0 Å². The quantitative estimate of drug-likeness (QED) is 0.375. The molecule has 1 N–H and O–H groups in total. The van der Waals surface area contributed by atoms with Crippen molar-refractivity contribution in [3.63, 3.8) is 0 Å². The molecule has 0 aliphatic heterocycles. The van der Waals surface area contributed by atoms with E-state index in [9.17, 15) is 19.7 Å². The summed E-state index contributed by atoms with van der Waals surface area (Å²) in [6, 6.07) is 16.1. The number of nitrogens with zero attached hydrogens (tertiary/aromatic N) is 2. The van der Waals surface area contributed by atoms with Crippen LogP contribution in [0.3, 0.4) is 0 Å². The Labute approximate surface area is 172 Å². The lowest BCUT2D eigenvalue weighted by Gasteiger charge is -2.18. The van der Waals surface area contributed by atoms with Crippen LogP contribution in [0.1, 0.15) is 33.3 Å². The SMILES string of the molecule is Cc1ccc(NC(=O)C(OC(=O)c2ccc(C)nc2)c2ccccc2)c([N+](=O)[O-])c1. The van der Waals surface area contributed by atoms with Crippen LogP contribution >= 0.6 is 0 Å². The van der Waals surface area contributed by atoms with Gasteiger partial charge in [0.05, 0.1) is 10.5 Å². The Kier molecular flexibility index (Phi) is 6.17. The van der Waals surface area contributed by atoms with E-state index in [0.717, 1.165) is 5.69 Å². The van der Waals surface area contributed by atoms with Crippen molar-refractivity contribution in [1.29, 1.82) is 0 Å². The average molecular weight is 405 g/mol. The summed E-state index contributed by atoms with van der Waals surface area (Å²) in [4.78, 5) is 40.4. The van der Waals surface area contributed by atoms with E-state index in [0.29, 0.717) is 11.1 Å². The molecule has 0 bridgehead atoms. The van der Waals surface area contributed by atoms with Crippen molar-refractivity contribution in [3.05, 3.63) is 99.4 Å². The Bertz CT molecular complexity index is 1080. The zero-order valence-electron chi connectivity index (χ0n) is 16.4. The second-order valence-corrected chi connectivity index (χ2v) is 6.65. The summed E-state index contributed by atoms with van der Waals surface area (Å²) in [5.74, 6) is -1.44. The molecule has 1 aromatic heterocycles. The van der Waals surface area contributed by atoms with E-state index in [2.05, 4.69) is 10.3 Å². The zero-order chi connectivity index (χ0) is 21.7. The lowest BCUT2D eigenvalue weighted by molar-refractivity contribution is -0.384. The van der Waals surface area contributed by atoms with Gasteiger partial charge >= 0.3 is 5.97 Å². The van der Waals surface area contributed by atoms with Gasteiger partial charge in [-0.15, -0.1) is 0 Å². The number of benzene rings is 2. The second-order valence-electron chi connectivity index (χ2n) is 6.65. The van der Waals surface area contributed by atoms with E-state index in [1.165, 1.54) is 18.3 Å². The molecule has 3 rings (SSSR count). The van der Waals surface area contributed by atoms with Crippen LogP contribution in [0, 0.1) is 24.0 Å². The third-order valence-corrected chi connectivity index (χ3v) is 4.32. The first-order valence-electron chi connectivity index (χ1n) is 9.09. The van der Waals surface area contributed by atoms with Gasteiger partial charge in [-0.3, -0.25) is 19.9 Å². The van der Waals surface area contributed by atoms with Crippen molar-refractivity contribution in [2.24, 2.45) is 0 Å². The van der Waals surface area contributed by atoms with Crippen molar-refractivity contribution >= 4 is 23.3 Å². The van der Waals surface area contributed by atoms with Crippen molar-refractivity contribution < 1.29 is 19.2 Å². The minimum absolute atomic E-state index is 0.0181. The van der Waals surface area contributed by atoms with Gasteiger partial charge in [-0.2, -0.15) is 0 Å². The summed E-state index contributed by atoms with van der Waals surface area (Å²) in [7, 11) is 0. The van der Waals surface area contributed by atoms with Gasteiger partial charge in [-0.25, -0.2) is 4.79 Å². The number of esters is 1. The van der Waals surface area contributed by atoms with E-state index in [1.54, 1.807) is 62.4 Å². The van der Waals surface area contributed by atoms with Crippen molar-refractivity contribution in [3.8, 4) is 0 Å². The minimum atomic E-state index is -1.30.